The third-order valence-electron chi connectivity index (χ3n) is 3.82. The highest BCUT2D eigenvalue weighted by molar-refractivity contribution is 7.71. The summed E-state index contributed by atoms with van der Waals surface area (Å²) in [6, 6.07) is 10.4. The van der Waals surface area contributed by atoms with Gasteiger partial charge in [-0.05, 0) is 44.0 Å². The molecule has 88 valence electrons. The lowest BCUT2D eigenvalue weighted by Gasteiger charge is -2.40. The molecule has 0 atom stereocenters. The van der Waals surface area contributed by atoms with E-state index in [0.29, 0.717) is 0 Å². The predicted molar refractivity (Wildman–Crippen MR) is 72.6 cm³/mol. The van der Waals surface area contributed by atoms with Crippen molar-refractivity contribution in [3.63, 3.8) is 0 Å². The minimum absolute atomic E-state index is 0.211. The summed E-state index contributed by atoms with van der Waals surface area (Å²) in [5.74, 6) is 0. The van der Waals surface area contributed by atoms with Gasteiger partial charge in [0.25, 0.3) is 0 Å². The molecule has 3 heteroatoms. The Bertz CT molecular complexity index is 576. The van der Waals surface area contributed by atoms with Gasteiger partial charge < -0.3 is 9.55 Å². The van der Waals surface area contributed by atoms with Crippen LogP contribution in [0.25, 0.3) is 11.3 Å². The monoisotopic (exact) mass is 244 g/mol. The summed E-state index contributed by atoms with van der Waals surface area (Å²) in [5, 5.41) is 0. The van der Waals surface area contributed by atoms with Crippen LogP contribution in [0.3, 0.4) is 0 Å². The zero-order valence-electron chi connectivity index (χ0n) is 9.94. The maximum absolute atomic E-state index is 5.43. The molecule has 17 heavy (non-hydrogen) atoms. The Morgan fingerprint density at radius 2 is 1.94 bits per heavy atom. The molecular weight excluding hydrogens is 228 g/mol. The first-order valence-corrected chi connectivity index (χ1v) is 6.48. The number of rotatable bonds is 2. The number of hydrogen-bond donors (Lipinski definition) is 1. The number of H-pyrrole nitrogens is 1. The molecule has 1 aromatic carbocycles. The Hall–Kier alpha value is -1.35. The Kier molecular flexibility index (Phi) is 2.44. The van der Waals surface area contributed by atoms with Crippen LogP contribution in [-0.2, 0) is 5.54 Å². The summed E-state index contributed by atoms with van der Waals surface area (Å²) < 4.78 is 3.13. The molecule has 0 spiro atoms. The SMILES string of the molecule is CC1(n2c(-c3ccccc3)c[nH]c2=S)CCC1. The first kappa shape index (κ1) is 10.8. The van der Waals surface area contributed by atoms with Crippen LogP contribution >= 0.6 is 12.2 Å². The number of aromatic amines is 1. The van der Waals surface area contributed by atoms with Crippen LogP contribution < -0.4 is 0 Å². The standard InChI is InChI=1S/C14H16N2S/c1-14(8-5-9-14)16-12(10-15-13(16)17)11-6-3-2-4-7-11/h2-4,6-7,10H,5,8-9H2,1H3,(H,15,17). The highest BCUT2D eigenvalue weighted by Gasteiger charge is 2.35. The van der Waals surface area contributed by atoms with Gasteiger partial charge in [-0.3, -0.25) is 0 Å². The molecule has 1 N–H and O–H groups in total. The van der Waals surface area contributed by atoms with Gasteiger partial charge in [0.05, 0.1) is 5.69 Å². The van der Waals surface area contributed by atoms with E-state index >= 15 is 0 Å². The van der Waals surface area contributed by atoms with Crippen molar-refractivity contribution in [3.8, 4) is 11.3 Å². The van der Waals surface area contributed by atoms with Gasteiger partial charge in [-0.1, -0.05) is 30.3 Å². The largest absolute Gasteiger partial charge is 0.337 e. The molecule has 2 nitrogen and oxygen atoms in total. The van der Waals surface area contributed by atoms with E-state index in [1.165, 1.54) is 30.5 Å². The second-order valence-electron chi connectivity index (χ2n) is 5.03. The van der Waals surface area contributed by atoms with Crippen LogP contribution in [-0.4, -0.2) is 9.55 Å². The third-order valence-corrected chi connectivity index (χ3v) is 4.12. The fourth-order valence-corrected chi connectivity index (χ4v) is 3.02. The molecular formula is C14H16N2S. The maximum Gasteiger partial charge on any atom is 0.178 e. The first-order valence-electron chi connectivity index (χ1n) is 6.07. The van der Waals surface area contributed by atoms with E-state index in [9.17, 15) is 0 Å². The van der Waals surface area contributed by atoms with Gasteiger partial charge in [0.15, 0.2) is 4.77 Å². The summed E-state index contributed by atoms with van der Waals surface area (Å²) in [7, 11) is 0. The van der Waals surface area contributed by atoms with E-state index in [1.807, 2.05) is 12.3 Å². The maximum atomic E-state index is 5.43. The molecule has 1 fully saturated rings. The van der Waals surface area contributed by atoms with Crippen molar-refractivity contribution in [2.24, 2.45) is 0 Å². The summed E-state index contributed by atoms with van der Waals surface area (Å²) >= 11 is 5.43. The second-order valence-corrected chi connectivity index (χ2v) is 5.42. The molecule has 0 saturated heterocycles. The van der Waals surface area contributed by atoms with Crippen molar-refractivity contribution in [2.45, 2.75) is 31.7 Å². The molecule has 1 saturated carbocycles. The van der Waals surface area contributed by atoms with E-state index in [4.69, 9.17) is 12.2 Å². The summed E-state index contributed by atoms with van der Waals surface area (Å²) in [5.41, 5.74) is 2.65. The van der Waals surface area contributed by atoms with E-state index in [0.717, 1.165) is 4.77 Å². The number of imidazole rings is 1. The Balaban J connectivity index is 2.16. The van der Waals surface area contributed by atoms with Crippen LogP contribution in [0.1, 0.15) is 26.2 Å². The zero-order chi connectivity index (χ0) is 11.9. The van der Waals surface area contributed by atoms with E-state index in [2.05, 4.69) is 40.7 Å². The molecule has 1 aromatic heterocycles. The van der Waals surface area contributed by atoms with Gasteiger partial charge in [0.2, 0.25) is 0 Å². The van der Waals surface area contributed by atoms with Crippen molar-refractivity contribution in [1.29, 1.82) is 0 Å². The predicted octanol–water partition coefficient (Wildman–Crippen LogP) is 4.11. The minimum atomic E-state index is 0.211. The van der Waals surface area contributed by atoms with Crippen molar-refractivity contribution < 1.29 is 0 Å². The minimum Gasteiger partial charge on any atom is -0.337 e. The number of aromatic nitrogens is 2. The first-order chi connectivity index (χ1) is 8.21. The van der Waals surface area contributed by atoms with Crippen molar-refractivity contribution in [2.75, 3.05) is 0 Å². The van der Waals surface area contributed by atoms with E-state index in [1.54, 1.807) is 0 Å². The summed E-state index contributed by atoms with van der Waals surface area (Å²) in [4.78, 5) is 3.19. The van der Waals surface area contributed by atoms with Crippen LogP contribution in [0.4, 0.5) is 0 Å². The normalized spacial score (nSPS) is 17.7. The average molecular weight is 244 g/mol. The molecule has 1 aliphatic carbocycles. The van der Waals surface area contributed by atoms with Crippen LogP contribution in [0, 0.1) is 4.77 Å². The number of benzene rings is 1. The van der Waals surface area contributed by atoms with Crippen LogP contribution in [0.2, 0.25) is 0 Å². The lowest BCUT2D eigenvalue weighted by atomic mass is 9.78. The smallest absolute Gasteiger partial charge is 0.178 e. The van der Waals surface area contributed by atoms with Crippen molar-refractivity contribution in [3.05, 3.63) is 41.3 Å². The number of nitrogens with one attached hydrogen (secondary N) is 1. The lowest BCUT2D eigenvalue weighted by Crippen LogP contribution is -2.37. The highest BCUT2D eigenvalue weighted by Crippen LogP contribution is 2.41. The Morgan fingerprint density at radius 1 is 1.24 bits per heavy atom. The average Bonchev–Trinajstić information content (AvgIpc) is 2.70. The molecule has 1 aliphatic rings. The Morgan fingerprint density at radius 3 is 2.53 bits per heavy atom. The lowest BCUT2D eigenvalue weighted by molar-refractivity contribution is 0.168. The van der Waals surface area contributed by atoms with Gasteiger partial charge in [0, 0.05) is 11.7 Å². The molecule has 1 heterocycles. The fourth-order valence-electron chi connectivity index (χ4n) is 2.64. The second kappa shape index (κ2) is 3.84. The number of hydrogen-bond acceptors (Lipinski definition) is 1. The van der Waals surface area contributed by atoms with Crippen LogP contribution in [0.5, 0.6) is 0 Å². The van der Waals surface area contributed by atoms with Gasteiger partial charge >= 0.3 is 0 Å². The van der Waals surface area contributed by atoms with Gasteiger partial charge in [0.1, 0.15) is 0 Å². The molecule has 0 unspecified atom stereocenters. The molecule has 3 rings (SSSR count). The topological polar surface area (TPSA) is 20.7 Å². The number of nitrogens with zero attached hydrogens (tertiary/aromatic N) is 1. The zero-order valence-corrected chi connectivity index (χ0v) is 10.8. The van der Waals surface area contributed by atoms with E-state index < -0.39 is 0 Å². The van der Waals surface area contributed by atoms with Crippen molar-refractivity contribution >= 4 is 12.2 Å². The summed E-state index contributed by atoms with van der Waals surface area (Å²) in [6.07, 6.45) is 5.77. The summed E-state index contributed by atoms with van der Waals surface area (Å²) in [6.45, 7) is 2.30. The Labute approximate surface area is 106 Å². The van der Waals surface area contributed by atoms with Crippen LogP contribution in [0.15, 0.2) is 36.5 Å². The molecule has 0 aliphatic heterocycles. The van der Waals surface area contributed by atoms with E-state index in [-0.39, 0.29) is 5.54 Å². The fraction of sp³-hybridized carbons (Fsp3) is 0.357. The highest BCUT2D eigenvalue weighted by atomic mass is 32.1. The molecule has 0 amide bonds. The third kappa shape index (κ3) is 1.65. The molecule has 2 aromatic rings. The quantitative estimate of drug-likeness (QED) is 0.788. The van der Waals surface area contributed by atoms with Crippen molar-refractivity contribution in [1.82, 2.24) is 9.55 Å². The van der Waals surface area contributed by atoms with Gasteiger partial charge in [-0.15, -0.1) is 0 Å². The van der Waals surface area contributed by atoms with Gasteiger partial charge in [-0.25, -0.2) is 0 Å². The molecule has 0 radical (unpaired) electrons. The molecule has 0 bridgehead atoms. The van der Waals surface area contributed by atoms with Gasteiger partial charge in [-0.2, -0.15) is 0 Å².